The lowest BCUT2D eigenvalue weighted by Gasteiger charge is -2.18. The Morgan fingerprint density at radius 1 is 1.16 bits per heavy atom. The quantitative estimate of drug-likeness (QED) is 0.454. The Balaban J connectivity index is 1.89. The summed E-state index contributed by atoms with van der Waals surface area (Å²) < 4.78 is 34.5. The van der Waals surface area contributed by atoms with E-state index in [1.54, 1.807) is 19.1 Å². The molecule has 3 rings (SSSR count). The van der Waals surface area contributed by atoms with E-state index < -0.39 is 24.6 Å². The number of urea groups is 1. The van der Waals surface area contributed by atoms with Gasteiger partial charge in [-0.1, -0.05) is 23.2 Å². The van der Waals surface area contributed by atoms with Crippen LogP contribution in [0.15, 0.2) is 24.4 Å². The van der Waals surface area contributed by atoms with Gasteiger partial charge in [-0.05, 0) is 32.0 Å². The lowest BCUT2D eigenvalue weighted by Crippen LogP contribution is -2.22. The van der Waals surface area contributed by atoms with Crippen LogP contribution in [0.1, 0.15) is 24.3 Å². The summed E-state index contributed by atoms with van der Waals surface area (Å²) in [5.41, 5.74) is 2.43. The van der Waals surface area contributed by atoms with Crippen LogP contribution in [0.4, 0.5) is 25.0 Å². The molecule has 8 nitrogen and oxygen atoms in total. The van der Waals surface area contributed by atoms with Gasteiger partial charge in [-0.25, -0.2) is 14.8 Å². The highest BCUT2D eigenvalue weighted by Gasteiger charge is 2.20. The van der Waals surface area contributed by atoms with Crippen molar-refractivity contribution < 1.29 is 23.0 Å². The summed E-state index contributed by atoms with van der Waals surface area (Å²) in [7, 11) is 1.52. The molecule has 2 amide bonds. The molecule has 3 aromatic rings. The molecule has 12 heteroatoms. The Hall–Kier alpha value is -2.82. The minimum absolute atomic E-state index is 0.180. The maximum absolute atomic E-state index is 12.6. The van der Waals surface area contributed by atoms with E-state index in [4.69, 9.17) is 27.9 Å². The molecule has 0 fully saturated rings. The summed E-state index contributed by atoms with van der Waals surface area (Å²) >= 11 is 11.9. The van der Waals surface area contributed by atoms with Gasteiger partial charge >= 0.3 is 12.6 Å². The highest BCUT2D eigenvalue weighted by atomic mass is 35.5. The summed E-state index contributed by atoms with van der Waals surface area (Å²) in [5.74, 6) is -0.432. The normalized spacial score (nSPS) is 12.1. The van der Waals surface area contributed by atoms with Crippen LogP contribution in [0, 0.1) is 6.92 Å². The van der Waals surface area contributed by atoms with Crippen molar-refractivity contribution in [3.63, 3.8) is 0 Å². The lowest BCUT2D eigenvalue weighted by atomic mass is 10.1. The van der Waals surface area contributed by atoms with Gasteiger partial charge < -0.3 is 20.1 Å². The molecular weight excluding hydrogens is 455 g/mol. The first-order valence-electron chi connectivity index (χ1n) is 8.87. The van der Waals surface area contributed by atoms with Crippen molar-refractivity contribution in [3.05, 3.63) is 45.8 Å². The third-order valence-electron chi connectivity index (χ3n) is 4.31. The van der Waals surface area contributed by atoms with E-state index >= 15 is 0 Å². The summed E-state index contributed by atoms with van der Waals surface area (Å²) in [6, 6.07) is 3.94. The van der Waals surface area contributed by atoms with Gasteiger partial charge in [0.15, 0.2) is 0 Å². The second-order valence-corrected chi connectivity index (χ2v) is 7.13. The van der Waals surface area contributed by atoms with Crippen LogP contribution in [-0.4, -0.2) is 34.7 Å². The minimum Gasteiger partial charge on any atom is -0.415 e. The molecule has 0 aliphatic heterocycles. The van der Waals surface area contributed by atoms with E-state index in [-0.39, 0.29) is 21.6 Å². The minimum atomic E-state index is -3.07. The molecule has 0 saturated carbocycles. The zero-order valence-corrected chi connectivity index (χ0v) is 18.1. The van der Waals surface area contributed by atoms with Crippen LogP contribution in [0.25, 0.3) is 11.0 Å². The Morgan fingerprint density at radius 2 is 1.87 bits per heavy atom. The van der Waals surface area contributed by atoms with Gasteiger partial charge in [-0.3, -0.25) is 4.98 Å². The molecule has 3 heterocycles. The van der Waals surface area contributed by atoms with Crippen LogP contribution < -0.4 is 15.4 Å². The number of pyridine rings is 3. The van der Waals surface area contributed by atoms with Crippen LogP contribution in [0.2, 0.25) is 10.2 Å². The third-order valence-corrected chi connectivity index (χ3v) is 4.79. The average molecular weight is 472 g/mol. The van der Waals surface area contributed by atoms with Crippen molar-refractivity contribution >= 4 is 51.6 Å². The van der Waals surface area contributed by atoms with Gasteiger partial charge in [-0.2, -0.15) is 8.78 Å². The molecule has 31 heavy (non-hydrogen) atoms. The maximum Gasteiger partial charge on any atom is 0.388 e. The Labute approximate surface area is 185 Å². The zero-order chi connectivity index (χ0) is 22.7. The molecule has 0 radical (unpaired) electrons. The fourth-order valence-electron chi connectivity index (χ4n) is 2.82. The first kappa shape index (κ1) is 22.9. The number of carbonyl (C=O) groups is 1. The summed E-state index contributed by atoms with van der Waals surface area (Å²) in [6.45, 7) is 0.220. The highest BCUT2D eigenvalue weighted by Crippen LogP contribution is 2.32. The first-order chi connectivity index (χ1) is 14.7. The SMILES string of the molecule is CO[C@H](C)c1c(NC(=O)Nc2cc(Cl)c(OC(F)F)nc2C)cnc2ccc(Cl)nc12. The molecule has 0 aliphatic rings. The number of amides is 2. The number of halogens is 4. The summed E-state index contributed by atoms with van der Waals surface area (Å²) in [5, 5.41) is 5.34. The highest BCUT2D eigenvalue weighted by molar-refractivity contribution is 6.32. The number of aryl methyl sites for hydroxylation is 1. The number of nitrogens with zero attached hydrogens (tertiary/aromatic N) is 3. The van der Waals surface area contributed by atoms with E-state index in [1.807, 2.05) is 0 Å². The number of anilines is 2. The van der Waals surface area contributed by atoms with E-state index in [1.165, 1.54) is 26.3 Å². The molecule has 0 spiro atoms. The van der Waals surface area contributed by atoms with Crippen molar-refractivity contribution in [3.8, 4) is 5.88 Å². The number of ether oxygens (including phenoxy) is 2. The number of hydrogen-bond donors (Lipinski definition) is 2. The van der Waals surface area contributed by atoms with Gasteiger partial charge in [0.1, 0.15) is 10.2 Å². The number of fused-ring (bicyclic) bond motifs is 1. The van der Waals surface area contributed by atoms with E-state index in [9.17, 15) is 13.6 Å². The van der Waals surface area contributed by atoms with Gasteiger partial charge in [0.2, 0.25) is 5.88 Å². The van der Waals surface area contributed by atoms with Gasteiger partial charge in [0.25, 0.3) is 0 Å². The second kappa shape index (κ2) is 9.54. The fraction of sp³-hybridized carbons (Fsp3) is 0.263. The zero-order valence-electron chi connectivity index (χ0n) is 16.5. The predicted molar refractivity (Wildman–Crippen MR) is 113 cm³/mol. The average Bonchev–Trinajstić information content (AvgIpc) is 2.70. The van der Waals surface area contributed by atoms with Crippen molar-refractivity contribution in [2.24, 2.45) is 0 Å². The number of methoxy groups -OCH3 is 1. The van der Waals surface area contributed by atoms with Gasteiger partial charge in [-0.15, -0.1) is 0 Å². The largest absolute Gasteiger partial charge is 0.415 e. The molecule has 2 N–H and O–H groups in total. The summed E-state index contributed by atoms with van der Waals surface area (Å²) in [4.78, 5) is 25.1. The molecule has 1 atom stereocenters. The van der Waals surface area contributed by atoms with Gasteiger partial charge in [0.05, 0.1) is 40.4 Å². The predicted octanol–water partition coefficient (Wildman–Crippen LogP) is 5.59. The van der Waals surface area contributed by atoms with Crippen LogP contribution in [-0.2, 0) is 4.74 Å². The Bertz CT molecular complexity index is 1130. The lowest BCUT2D eigenvalue weighted by molar-refractivity contribution is -0.0528. The van der Waals surface area contributed by atoms with E-state index in [0.29, 0.717) is 22.3 Å². The number of hydrogen-bond acceptors (Lipinski definition) is 6. The van der Waals surface area contributed by atoms with Crippen LogP contribution >= 0.6 is 23.2 Å². The Morgan fingerprint density at radius 3 is 2.55 bits per heavy atom. The standard InChI is InChI=1S/C19H17Cl2F2N5O3/c1-8-12(6-10(20)17(25-8)31-18(22)23)26-19(29)27-13-7-24-11-4-5-14(21)28-16(11)15(13)9(2)30-3/h4-7,9,18H,1-3H3,(H2,26,27,29)/t9-/m1/s1. The topological polar surface area (TPSA) is 98.3 Å². The monoisotopic (exact) mass is 471 g/mol. The molecular formula is C19H17Cl2F2N5O3. The molecule has 0 aliphatic carbocycles. The molecule has 0 saturated heterocycles. The van der Waals surface area contributed by atoms with Gasteiger partial charge in [0, 0.05) is 12.7 Å². The fourth-order valence-corrected chi connectivity index (χ4v) is 3.16. The third kappa shape index (κ3) is 5.27. The van der Waals surface area contributed by atoms with E-state index in [2.05, 4.69) is 30.3 Å². The van der Waals surface area contributed by atoms with E-state index in [0.717, 1.165) is 0 Å². The molecule has 0 unspecified atom stereocenters. The number of nitrogens with one attached hydrogen (secondary N) is 2. The molecule has 164 valence electrons. The van der Waals surface area contributed by atoms with Crippen molar-refractivity contribution in [2.75, 3.05) is 17.7 Å². The number of rotatable bonds is 6. The molecule has 3 aromatic heterocycles. The van der Waals surface area contributed by atoms with Crippen molar-refractivity contribution in [2.45, 2.75) is 26.6 Å². The smallest absolute Gasteiger partial charge is 0.388 e. The summed E-state index contributed by atoms with van der Waals surface area (Å²) in [6.07, 6.45) is 1.04. The molecule has 0 aromatic carbocycles. The van der Waals surface area contributed by atoms with Crippen molar-refractivity contribution in [1.29, 1.82) is 0 Å². The van der Waals surface area contributed by atoms with Crippen molar-refractivity contribution in [1.82, 2.24) is 15.0 Å². The first-order valence-corrected chi connectivity index (χ1v) is 9.63. The number of alkyl halides is 2. The second-order valence-electron chi connectivity index (χ2n) is 6.33. The van der Waals surface area contributed by atoms with Crippen LogP contribution in [0.5, 0.6) is 5.88 Å². The van der Waals surface area contributed by atoms with Crippen LogP contribution in [0.3, 0.4) is 0 Å². The number of carbonyl (C=O) groups excluding carboxylic acids is 1. The molecule has 0 bridgehead atoms. The number of aromatic nitrogens is 3. The Kier molecular flexibility index (Phi) is 7.04. The maximum atomic E-state index is 12.6.